The zero-order valence-electron chi connectivity index (χ0n) is 13.9. The molecular weight excluding hydrogens is 429 g/mol. The number of carboxylic acids is 1. The van der Waals surface area contributed by atoms with Crippen molar-refractivity contribution in [2.45, 2.75) is 11.7 Å². The van der Waals surface area contributed by atoms with Gasteiger partial charge in [-0.1, -0.05) is 41.0 Å². The number of carbonyl (C=O) groups excluding carboxylic acids is 1. The number of carbonyl (C=O) groups is 2. The number of thioether (sulfide) groups is 1. The van der Waals surface area contributed by atoms with Crippen LogP contribution in [0.3, 0.4) is 0 Å². The third kappa shape index (κ3) is 4.30. The number of imidazole rings is 1. The van der Waals surface area contributed by atoms with Gasteiger partial charge in [-0.15, -0.1) is 11.3 Å². The number of anilines is 1. The van der Waals surface area contributed by atoms with E-state index < -0.39 is 11.9 Å². The van der Waals surface area contributed by atoms with E-state index in [1.807, 2.05) is 17.5 Å². The lowest BCUT2D eigenvalue weighted by Crippen LogP contribution is -2.17. The Morgan fingerprint density at radius 2 is 2.07 bits per heavy atom. The Hall–Kier alpha value is -2.00. The fraction of sp³-hybridized carbons (Fsp3) is 0.118. The van der Waals surface area contributed by atoms with E-state index in [0.717, 1.165) is 4.88 Å². The Bertz CT molecular complexity index is 1000. The molecule has 2 aromatic heterocycles. The molecule has 0 aliphatic heterocycles. The maximum atomic E-state index is 12.5. The lowest BCUT2D eigenvalue weighted by Gasteiger charge is -2.08. The summed E-state index contributed by atoms with van der Waals surface area (Å²) < 4.78 is 1.57. The minimum absolute atomic E-state index is 0.0144. The molecule has 0 saturated heterocycles. The van der Waals surface area contributed by atoms with Gasteiger partial charge in [-0.25, -0.2) is 9.78 Å². The number of carboxylic acid groups (broad SMARTS) is 1. The highest BCUT2D eigenvalue weighted by molar-refractivity contribution is 7.98. The van der Waals surface area contributed by atoms with E-state index >= 15 is 0 Å². The van der Waals surface area contributed by atoms with Gasteiger partial charge in [0.1, 0.15) is 0 Å². The van der Waals surface area contributed by atoms with Gasteiger partial charge in [0.05, 0.1) is 16.6 Å². The fourth-order valence-electron chi connectivity index (χ4n) is 2.41. The van der Waals surface area contributed by atoms with E-state index in [9.17, 15) is 14.7 Å². The van der Waals surface area contributed by atoms with Gasteiger partial charge in [-0.3, -0.25) is 4.79 Å². The maximum absolute atomic E-state index is 12.5. The Morgan fingerprint density at radius 1 is 1.30 bits per heavy atom. The minimum Gasteiger partial charge on any atom is -0.476 e. The molecule has 0 bridgehead atoms. The fourth-order valence-corrected chi connectivity index (χ4v) is 3.96. The summed E-state index contributed by atoms with van der Waals surface area (Å²) >= 11 is 14.6. The third-order valence-electron chi connectivity index (χ3n) is 3.63. The largest absolute Gasteiger partial charge is 0.476 e. The van der Waals surface area contributed by atoms with Gasteiger partial charge in [0.25, 0.3) is 5.91 Å². The van der Waals surface area contributed by atoms with Gasteiger partial charge in [-0.2, -0.15) is 0 Å². The van der Waals surface area contributed by atoms with Crippen molar-refractivity contribution < 1.29 is 14.7 Å². The molecule has 27 heavy (non-hydrogen) atoms. The Morgan fingerprint density at radius 3 is 2.67 bits per heavy atom. The number of benzene rings is 1. The van der Waals surface area contributed by atoms with Gasteiger partial charge in [0.2, 0.25) is 0 Å². The number of aromatic carboxylic acids is 1. The van der Waals surface area contributed by atoms with E-state index in [2.05, 4.69) is 10.3 Å². The van der Waals surface area contributed by atoms with Crippen LogP contribution in [0.4, 0.5) is 5.82 Å². The van der Waals surface area contributed by atoms with E-state index in [0.29, 0.717) is 16.7 Å². The Kier molecular flexibility index (Phi) is 6.11. The second-order valence-electron chi connectivity index (χ2n) is 5.35. The first-order valence-corrected chi connectivity index (χ1v) is 10.4. The van der Waals surface area contributed by atoms with Crippen LogP contribution in [0.25, 0.3) is 0 Å². The van der Waals surface area contributed by atoms with Crippen molar-refractivity contribution in [3.8, 4) is 0 Å². The maximum Gasteiger partial charge on any atom is 0.356 e. The van der Waals surface area contributed by atoms with Crippen molar-refractivity contribution in [3.63, 3.8) is 0 Å². The highest BCUT2D eigenvalue weighted by Gasteiger charge is 2.24. The number of hydrogen-bond acceptors (Lipinski definition) is 5. The van der Waals surface area contributed by atoms with E-state index in [1.165, 1.54) is 41.3 Å². The van der Waals surface area contributed by atoms with Gasteiger partial charge in [-0.05, 0) is 35.9 Å². The molecule has 3 aromatic rings. The Labute approximate surface area is 173 Å². The quantitative estimate of drug-likeness (QED) is 0.527. The summed E-state index contributed by atoms with van der Waals surface area (Å²) in [7, 11) is 0. The number of amides is 1. The SMILES string of the molecule is CSc1nc(NC(=O)c2ccc(Cl)c(Cl)c2)c(C(=O)O)n1Cc1cccs1. The Balaban J connectivity index is 1.97. The average Bonchev–Trinajstić information content (AvgIpc) is 3.25. The van der Waals surface area contributed by atoms with Crippen molar-refractivity contribution >= 4 is 64.0 Å². The third-order valence-corrected chi connectivity index (χ3v) is 5.90. The van der Waals surface area contributed by atoms with Crippen molar-refractivity contribution in [1.82, 2.24) is 9.55 Å². The monoisotopic (exact) mass is 441 g/mol. The summed E-state index contributed by atoms with van der Waals surface area (Å²) in [6.07, 6.45) is 1.80. The molecule has 6 nitrogen and oxygen atoms in total. The van der Waals surface area contributed by atoms with Crippen LogP contribution in [-0.2, 0) is 6.54 Å². The van der Waals surface area contributed by atoms with Crippen molar-refractivity contribution in [1.29, 1.82) is 0 Å². The zero-order valence-corrected chi connectivity index (χ0v) is 17.0. The summed E-state index contributed by atoms with van der Waals surface area (Å²) in [6, 6.07) is 8.22. The topological polar surface area (TPSA) is 84.2 Å². The molecule has 0 radical (unpaired) electrons. The number of hydrogen-bond donors (Lipinski definition) is 2. The van der Waals surface area contributed by atoms with Gasteiger partial charge in [0, 0.05) is 10.4 Å². The van der Waals surface area contributed by atoms with Gasteiger partial charge < -0.3 is 15.0 Å². The molecule has 1 amide bonds. The summed E-state index contributed by atoms with van der Waals surface area (Å²) in [6.45, 7) is 0.352. The average molecular weight is 442 g/mol. The van der Waals surface area contributed by atoms with Crippen LogP contribution in [0.1, 0.15) is 25.7 Å². The molecule has 0 atom stereocenters. The summed E-state index contributed by atoms with van der Waals surface area (Å²) in [4.78, 5) is 29.7. The number of nitrogens with zero attached hydrogens (tertiary/aromatic N) is 2. The van der Waals surface area contributed by atoms with Crippen molar-refractivity contribution in [2.75, 3.05) is 11.6 Å². The highest BCUT2D eigenvalue weighted by Crippen LogP contribution is 2.27. The summed E-state index contributed by atoms with van der Waals surface area (Å²) in [5.41, 5.74) is 0.167. The molecule has 0 unspecified atom stereocenters. The number of halogens is 2. The van der Waals surface area contributed by atoms with E-state index in [-0.39, 0.29) is 22.1 Å². The van der Waals surface area contributed by atoms with E-state index in [4.69, 9.17) is 23.2 Å². The number of thiophene rings is 1. The van der Waals surface area contributed by atoms with Crippen LogP contribution >= 0.6 is 46.3 Å². The molecular formula is C17H13Cl2N3O3S2. The molecule has 0 fully saturated rings. The van der Waals surface area contributed by atoms with Gasteiger partial charge in [0.15, 0.2) is 16.7 Å². The van der Waals surface area contributed by atoms with E-state index in [1.54, 1.807) is 10.8 Å². The number of rotatable bonds is 6. The number of aromatic nitrogens is 2. The highest BCUT2D eigenvalue weighted by atomic mass is 35.5. The van der Waals surface area contributed by atoms with Crippen LogP contribution in [0.2, 0.25) is 10.0 Å². The zero-order chi connectivity index (χ0) is 19.6. The molecule has 0 spiro atoms. The van der Waals surface area contributed by atoms with Gasteiger partial charge >= 0.3 is 5.97 Å². The van der Waals surface area contributed by atoms with Crippen LogP contribution < -0.4 is 5.32 Å². The lowest BCUT2D eigenvalue weighted by atomic mass is 10.2. The van der Waals surface area contributed by atoms with Crippen molar-refractivity contribution in [2.24, 2.45) is 0 Å². The van der Waals surface area contributed by atoms with Crippen LogP contribution in [0.5, 0.6) is 0 Å². The smallest absolute Gasteiger partial charge is 0.356 e. The van der Waals surface area contributed by atoms with Crippen LogP contribution in [0, 0.1) is 0 Å². The summed E-state index contributed by atoms with van der Waals surface area (Å²) in [5.74, 6) is -1.72. The number of nitrogens with one attached hydrogen (secondary N) is 1. The minimum atomic E-state index is -1.18. The van der Waals surface area contributed by atoms with Crippen molar-refractivity contribution in [3.05, 3.63) is 61.9 Å². The molecule has 0 aliphatic rings. The molecule has 10 heteroatoms. The molecule has 2 N–H and O–H groups in total. The predicted octanol–water partition coefficient (Wildman–Crippen LogP) is 4.97. The second kappa shape index (κ2) is 8.35. The first-order valence-electron chi connectivity index (χ1n) is 7.57. The normalized spacial score (nSPS) is 10.8. The van der Waals surface area contributed by atoms with Crippen LogP contribution in [0.15, 0.2) is 40.9 Å². The molecule has 2 heterocycles. The molecule has 140 valence electrons. The lowest BCUT2D eigenvalue weighted by molar-refractivity contribution is 0.0686. The molecule has 1 aromatic carbocycles. The molecule has 0 saturated carbocycles. The standard InChI is InChI=1S/C17H13Cl2N3O3S2/c1-26-17-21-14(20-15(23)9-4-5-11(18)12(19)7-9)13(16(24)25)22(17)8-10-3-2-6-27-10/h2-7H,8H2,1H3,(H,20,23)(H,24,25). The second-order valence-corrected chi connectivity index (χ2v) is 7.97. The molecule has 0 aliphatic carbocycles. The predicted molar refractivity (Wildman–Crippen MR) is 109 cm³/mol. The first-order chi connectivity index (χ1) is 12.9. The summed E-state index contributed by atoms with van der Waals surface area (Å²) in [5, 5.41) is 15.2. The molecule has 3 rings (SSSR count). The van der Waals surface area contributed by atoms with Crippen LogP contribution in [-0.4, -0.2) is 32.8 Å². The first kappa shape index (κ1) is 19.8.